The van der Waals surface area contributed by atoms with Crippen molar-refractivity contribution in [1.82, 2.24) is 10.2 Å². The zero-order valence-corrected chi connectivity index (χ0v) is 19.5. The SMILES string of the molecule is CC1CCCCC12NC(=O)N(CC(=O)OCC(=O)Nc1sc3c(c1C#N)CCCCC3)C2=O. The molecule has 2 fully saturated rings. The van der Waals surface area contributed by atoms with E-state index < -0.39 is 42.5 Å². The average molecular weight is 473 g/mol. The molecular weight excluding hydrogens is 444 g/mol. The summed E-state index contributed by atoms with van der Waals surface area (Å²) in [5.74, 6) is -1.81. The Morgan fingerprint density at radius 1 is 1.24 bits per heavy atom. The monoisotopic (exact) mass is 472 g/mol. The quantitative estimate of drug-likeness (QED) is 0.385. The summed E-state index contributed by atoms with van der Waals surface area (Å²) in [5, 5.41) is 15.5. The Kier molecular flexibility index (Phi) is 6.70. The van der Waals surface area contributed by atoms with Crippen LogP contribution in [0.5, 0.6) is 0 Å². The van der Waals surface area contributed by atoms with Crippen molar-refractivity contribution in [2.24, 2.45) is 5.92 Å². The smallest absolute Gasteiger partial charge is 0.326 e. The summed E-state index contributed by atoms with van der Waals surface area (Å²) in [6, 6.07) is 1.59. The first-order valence-corrected chi connectivity index (χ1v) is 12.3. The molecule has 10 heteroatoms. The van der Waals surface area contributed by atoms with Crippen molar-refractivity contribution in [1.29, 1.82) is 5.26 Å². The van der Waals surface area contributed by atoms with Crippen LogP contribution in [0.15, 0.2) is 0 Å². The highest BCUT2D eigenvalue weighted by Gasteiger charge is 2.55. The minimum absolute atomic E-state index is 0.00950. The summed E-state index contributed by atoms with van der Waals surface area (Å²) < 4.78 is 5.03. The van der Waals surface area contributed by atoms with Crippen LogP contribution in [0.4, 0.5) is 9.80 Å². The van der Waals surface area contributed by atoms with Gasteiger partial charge in [-0.05, 0) is 50.0 Å². The van der Waals surface area contributed by atoms with Crippen molar-refractivity contribution in [3.8, 4) is 6.07 Å². The molecule has 4 amide bonds. The van der Waals surface area contributed by atoms with Crippen LogP contribution in [-0.2, 0) is 32.0 Å². The van der Waals surface area contributed by atoms with Crippen molar-refractivity contribution in [3.63, 3.8) is 0 Å². The molecule has 1 saturated carbocycles. The van der Waals surface area contributed by atoms with Crippen LogP contribution in [0.1, 0.15) is 67.9 Å². The van der Waals surface area contributed by atoms with E-state index in [1.54, 1.807) is 0 Å². The summed E-state index contributed by atoms with van der Waals surface area (Å²) in [6.45, 7) is 0.837. The lowest BCUT2D eigenvalue weighted by molar-refractivity contribution is -0.150. The zero-order valence-electron chi connectivity index (χ0n) is 18.7. The highest BCUT2D eigenvalue weighted by atomic mass is 32.1. The molecule has 2 heterocycles. The van der Waals surface area contributed by atoms with Crippen LogP contribution in [0.2, 0.25) is 0 Å². The lowest BCUT2D eigenvalue weighted by atomic mass is 9.73. The molecule has 0 radical (unpaired) electrons. The fourth-order valence-electron chi connectivity index (χ4n) is 5.07. The molecule has 2 unspecified atom stereocenters. The minimum atomic E-state index is -0.947. The van der Waals surface area contributed by atoms with Crippen LogP contribution in [-0.4, -0.2) is 47.4 Å². The minimum Gasteiger partial charge on any atom is -0.454 e. The maximum absolute atomic E-state index is 12.9. The van der Waals surface area contributed by atoms with Gasteiger partial charge >= 0.3 is 12.0 Å². The van der Waals surface area contributed by atoms with Crippen LogP contribution in [0.3, 0.4) is 0 Å². The molecule has 2 aliphatic carbocycles. The maximum atomic E-state index is 12.9. The van der Waals surface area contributed by atoms with E-state index in [1.807, 2.05) is 6.92 Å². The van der Waals surface area contributed by atoms with Gasteiger partial charge in [0.05, 0.1) is 5.56 Å². The van der Waals surface area contributed by atoms with Crippen molar-refractivity contribution in [2.45, 2.75) is 70.3 Å². The normalized spacial score (nSPS) is 24.6. The fourth-order valence-corrected chi connectivity index (χ4v) is 6.33. The zero-order chi connectivity index (χ0) is 23.6. The van der Waals surface area contributed by atoms with E-state index in [4.69, 9.17) is 4.74 Å². The number of anilines is 1. The number of amides is 4. The second kappa shape index (κ2) is 9.51. The largest absolute Gasteiger partial charge is 0.454 e. The third-order valence-corrected chi connectivity index (χ3v) is 8.15. The first-order chi connectivity index (χ1) is 15.9. The highest BCUT2D eigenvalue weighted by Crippen LogP contribution is 2.38. The second-order valence-corrected chi connectivity index (χ2v) is 10.1. The number of nitriles is 1. The standard InChI is InChI=1S/C23H28N4O5S/c1-14-7-5-6-10-23(14)21(30)27(22(31)26-23)12-19(29)32-13-18(28)25-20-16(11-24)15-8-3-2-4-9-17(15)33-20/h14H,2-10,12-13H2,1H3,(H,25,28)(H,26,31). The Morgan fingerprint density at radius 2 is 2.03 bits per heavy atom. The average Bonchev–Trinajstić information content (AvgIpc) is 3.10. The highest BCUT2D eigenvalue weighted by molar-refractivity contribution is 7.16. The molecule has 0 bridgehead atoms. The Hall–Kier alpha value is -2.93. The van der Waals surface area contributed by atoms with Gasteiger partial charge in [0.2, 0.25) is 0 Å². The number of carbonyl (C=O) groups is 4. The molecule has 2 atom stereocenters. The summed E-state index contributed by atoms with van der Waals surface area (Å²) in [6.07, 6.45) is 8.16. The molecule has 3 aliphatic rings. The molecule has 9 nitrogen and oxygen atoms in total. The predicted molar refractivity (Wildman–Crippen MR) is 120 cm³/mol. The summed E-state index contributed by atoms with van der Waals surface area (Å²) in [7, 11) is 0. The van der Waals surface area contributed by atoms with Crippen molar-refractivity contribution in [3.05, 3.63) is 16.0 Å². The van der Waals surface area contributed by atoms with E-state index in [9.17, 15) is 24.4 Å². The number of nitrogens with one attached hydrogen (secondary N) is 2. The van der Waals surface area contributed by atoms with E-state index >= 15 is 0 Å². The number of urea groups is 1. The number of hydrogen-bond donors (Lipinski definition) is 2. The van der Waals surface area contributed by atoms with Crippen molar-refractivity contribution < 1.29 is 23.9 Å². The number of thiophene rings is 1. The third-order valence-electron chi connectivity index (χ3n) is 6.94. The third kappa shape index (κ3) is 4.47. The lowest BCUT2D eigenvalue weighted by Gasteiger charge is -2.36. The number of hydrogen-bond acceptors (Lipinski definition) is 7. The topological polar surface area (TPSA) is 129 Å². The molecule has 176 valence electrons. The number of ether oxygens (including phenoxy) is 1. The Labute approximate surface area is 196 Å². The van der Waals surface area contributed by atoms with Gasteiger partial charge in [-0.25, -0.2) is 4.79 Å². The molecule has 1 aliphatic heterocycles. The van der Waals surface area contributed by atoms with E-state index in [0.29, 0.717) is 17.0 Å². The van der Waals surface area contributed by atoms with Crippen LogP contribution in [0.25, 0.3) is 0 Å². The van der Waals surface area contributed by atoms with Crippen molar-refractivity contribution >= 4 is 40.2 Å². The van der Waals surface area contributed by atoms with Gasteiger partial charge < -0.3 is 15.4 Å². The summed E-state index contributed by atoms with van der Waals surface area (Å²) in [4.78, 5) is 52.0. The Bertz CT molecular complexity index is 1030. The molecule has 2 N–H and O–H groups in total. The van der Waals surface area contributed by atoms with Crippen molar-refractivity contribution in [2.75, 3.05) is 18.5 Å². The second-order valence-electron chi connectivity index (χ2n) is 9.03. The van der Waals surface area contributed by atoms with Gasteiger partial charge in [0.25, 0.3) is 11.8 Å². The van der Waals surface area contributed by atoms with E-state index in [0.717, 1.165) is 66.7 Å². The molecule has 1 saturated heterocycles. The predicted octanol–water partition coefficient (Wildman–Crippen LogP) is 2.87. The van der Waals surface area contributed by atoms with Gasteiger partial charge in [0.15, 0.2) is 6.61 Å². The first-order valence-electron chi connectivity index (χ1n) is 11.5. The molecular formula is C23H28N4O5S. The molecule has 1 spiro atoms. The Morgan fingerprint density at radius 3 is 2.79 bits per heavy atom. The van der Waals surface area contributed by atoms with Gasteiger partial charge in [-0.2, -0.15) is 5.26 Å². The number of imide groups is 1. The van der Waals surface area contributed by atoms with Crippen LogP contribution in [0, 0.1) is 17.2 Å². The van der Waals surface area contributed by atoms with Crippen LogP contribution < -0.4 is 10.6 Å². The Balaban J connectivity index is 1.32. The fraction of sp³-hybridized carbons (Fsp3) is 0.609. The van der Waals surface area contributed by atoms with Gasteiger partial charge in [0.1, 0.15) is 23.2 Å². The van der Waals surface area contributed by atoms with E-state index in [2.05, 4.69) is 16.7 Å². The van der Waals surface area contributed by atoms with Gasteiger partial charge in [0, 0.05) is 4.88 Å². The molecule has 1 aromatic heterocycles. The number of esters is 1. The number of rotatable bonds is 5. The number of carbonyl (C=O) groups excluding carboxylic acids is 4. The number of fused-ring (bicyclic) bond motifs is 1. The van der Waals surface area contributed by atoms with E-state index in [-0.39, 0.29) is 5.92 Å². The molecule has 0 aromatic carbocycles. The molecule has 1 aromatic rings. The summed E-state index contributed by atoms with van der Waals surface area (Å²) >= 11 is 1.40. The number of nitrogens with zero attached hydrogens (tertiary/aromatic N) is 2. The first kappa shape index (κ1) is 23.2. The number of aryl methyl sites for hydroxylation is 1. The van der Waals surface area contributed by atoms with Gasteiger partial charge in [-0.1, -0.05) is 26.2 Å². The molecule has 4 rings (SSSR count). The van der Waals surface area contributed by atoms with E-state index in [1.165, 1.54) is 11.3 Å². The van der Waals surface area contributed by atoms with Gasteiger partial charge in [-0.15, -0.1) is 11.3 Å². The molecule has 33 heavy (non-hydrogen) atoms. The van der Waals surface area contributed by atoms with Crippen LogP contribution >= 0.6 is 11.3 Å². The maximum Gasteiger partial charge on any atom is 0.326 e. The van der Waals surface area contributed by atoms with Gasteiger partial charge in [-0.3, -0.25) is 19.3 Å². The summed E-state index contributed by atoms with van der Waals surface area (Å²) in [5.41, 5.74) is 0.553. The lowest BCUT2D eigenvalue weighted by Crippen LogP contribution is -2.54.